The topological polar surface area (TPSA) is 52.5 Å². The molecule has 0 spiro atoms. The molecule has 0 radical (unpaired) electrons. The Bertz CT molecular complexity index is 358. The molecule has 0 heterocycles. The van der Waals surface area contributed by atoms with Gasteiger partial charge in [0.1, 0.15) is 5.82 Å². The molecule has 1 rings (SSSR count). The Balaban J connectivity index is 2.94. The normalized spacial score (nSPS) is 13.6. The molecular formula is C14H22FNO2. The summed E-state index contributed by atoms with van der Waals surface area (Å²) in [5.41, 5.74) is -0.192. The van der Waals surface area contributed by atoms with E-state index >= 15 is 0 Å². The van der Waals surface area contributed by atoms with E-state index in [1.165, 1.54) is 6.07 Å². The highest BCUT2D eigenvalue weighted by molar-refractivity contribution is 5.21. The summed E-state index contributed by atoms with van der Waals surface area (Å²) in [6.45, 7) is 3.47. The van der Waals surface area contributed by atoms with Crippen LogP contribution >= 0.6 is 0 Å². The quantitative estimate of drug-likeness (QED) is 0.698. The largest absolute Gasteiger partial charge is 0.394 e. The summed E-state index contributed by atoms with van der Waals surface area (Å²) in [6.07, 6.45) is 1.26. The van der Waals surface area contributed by atoms with Gasteiger partial charge in [0.2, 0.25) is 0 Å². The average Bonchev–Trinajstić information content (AvgIpc) is 2.42. The summed E-state index contributed by atoms with van der Waals surface area (Å²) in [7, 11) is 0. The Morgan fingerprint density at radius 3 is 2.28 bits per heavy atom. The van der Waals surface area contributed by atoms with Gasteiger partial charge in [0.05, 0.1) is 18.8 Å². The molecular weight excluding hydrogens is 233 g/mol. The summed E-state index contributed by atoms with van der Waals surface area (Å²) < 4.78 is 13.7. The Kier molecular flexibility index (Phi) is 5.72. The number of aliphatic hydroxyl groups is 2. The highest BCUT2D eigenvalue weighted by Gasteiger charge is 2.30. The van der Waals surface area contributed by atoms with Crippen molar-refractivity contribution in [2.24, 2.45) is 0 Å². The van der Waals surface area contributed by atoms with Crippen molar-refractivity contribution in [2.75, 3.05) is 13.2 Å². The molecule has 1 aromatic rings. The van der Waals surface area contributed by atoms with Crippen LogP contribution in [0.4, 0.5) is 4.39 Å². The Morgan fingerprint density at radius 1 is 1.22 bits per heavy atom. The van der Waals surface area contributed by atoms with E-state index in [9.17, 15) is 14.6 Å². The van der Waals surface area contributed by atoms with Gasteiger partial charge in [-0.2, -0.15) is 0 Å². The first kappa shape index (κ1) is 15.1. The van der Waals surface area contributed by atoms with E-state index < -0.39 is 5.54 Å². The van der Waals surface area contributed by atoms with Crippen molar-refractivity contribution in [1.82, 2.24) is 5.32 Å². The molecule has 3 nitrogen and oxygen atoms in total. The Morgan fingerprint density at radius 2 is 1.83 bits per heavy atom. The van der Waals surface area contributed by atoms with Crippen LogP contribution in [0.2, 0.25) is 0 Å². The molecule has 4 heteroatoms. The minimum Gasteiger partial charge on any atom is -0.394 e. The number of halogens is 1. The second-order valence-corrected chi connectivity index (χ2v) is 4.58. The molecule has 3 N–H and O–H groups in total. The van der Waals surface area contributed by atoms with E-state index in [1.807, 2.05) is 13.8 Å². The first-order valence-corrected chi connectivity index (χ1v) is 6.36. The van der Waals surface area contributed by atoms with Crippen LogP contribution in [-0.4, -0.2) is 29.0 Å². The maximum Gasteiger partial charge on any atom is 0.127 e. The van der Waals surface area contributed by atoms with Crippen molar-refractivity contribution in [2.45, 2.75) is 38.3 Å². The van der Waals surface area contributed by atoms with Gasteiger partial charge < -0.3 is 15.5 Å². The van der Waals surface area contributed by atoms with Gasteiger partial charge in [-0.3, -0.25) is 0 Å². The Labute approximate surface area is 108 Å². The molecule has 0 saturated heterocycles. The molecule has 0 saturated carbocycles. The molecule has 0 amide bonds. The van der Waals surface area contributed by atoms with Crippen molar-refractivity contribution in [3.05, 3.63) is 35.6 Å². The summed E-state index contributed by atoms with van der Waals surface area (Å²) in [6, 6.07) is 6.37. The zero-order valence-electron chi connectivity index (χ0n) is 11.0. The zero-order chi connectivity index (χ0) is 13.6. The van der Waals surface area contributed by atoms with E-state index in [4.69, 9.17) is 0 Å². The molecule has 0 aliphatic rings. The minimum atomic E-state index is -0.761. The van der Waals surface area contributed by atoms with Crippen LogP contribution in [0.25, 0.3) is 0 Å². The Hall–Kier alpha value is -0.970. The molecule has 18 heavy (non-hydrogen) atoms. The van der Waals surface area contributed by atoms with Gasteiger partial charge in [-0.05, 0) is 18.9 Å². The summed E-state index contributed by atoms with van der Waals surface area (Å²) in [5.74, 6) is -0.266. The number of rotatable bonds is 7. The molecule has 1 unspecified atom stereocenters. The van der Waals surface area contributed by atoms with Gasteiger partial charge in [-0.25, -0.2) is 4.39 Å². The van der Waals surface area contributed by atoms with E-state index in [0.29, 0.717) is 18.4 Å². The predicted octanol–water partition coefficient (Wildman–Crippen LogP) is 2.00. The molecule has 0 aliphatic carbocycles. The highest BCUT2D eigenvalue weighted by atomic mass is 19.1. The molecule has 1 atom stereocenters. The highest BCUT2D eigenvalue weighted by Crippen LogP contribution is 2.23. The van der Waals surface area contributed by atoms with Crippen molar-refractivity contribution in [3.63, 3.8) is 0 Å². The smallest absolute Gasteiger partial charge is 0.127 e. The first-order chi connectivity index (χ1) is 8.62. The van der Waals surface area contributed by atoms with Crippen molar-refractivity contribution < 1.29 is 14.6 Å². The maximum absolute atomic E-state index is 13.7. The summed E-state index contributed by atoms with van der Waals surface area (Å²) in [4.78, 5) is 0. The second-order valence-electron chi connectivity index (χ2n) is 4.58. The lowest BCUT2D eigenvalue weighted by molar-refractivity contribution is 0.0764. The third kappa shape index (κ3) is 3.28. The van der Waals surface area contributed by atoms with Crippen LogP contribution in [0.15, 0.2) is 24.3 Å². The molecule has 0 bridgehead atoms. The van der Waals surface area contributed by atoms with Gasteiger partial charge in [-0.1, -0.05) is 32.0 Å². The van der Waals surface area contributed by atoms with Crippen molar-refractivity contribution in [3.8, 4) is 0 Å². The van der Waals surface area contributed by atoms with Crippen LogP contribution in [0.5, 0.6) is 0 Å². The maximum atomic E-state index is 13.7. The first-order valence-electron chi connectivity index (χ1n) is 6.36. The fourth-order valence-corrected chi connectivity index (χ4v) is 1.99. The molecule has 0 fully saturated rings. The van der Waals surface area contributed by atoms with Gasteiger partial charge in [0.25, 0.3) is 0 Å². The lowest BCUT2D eigenvalue weighted by atomic mass is 9.94. The standard InChI is InChI=1S/C14H22FNO2/c1-3-13(11-7-5-6-8-12(11)15)16-14(4-2,9-17)10-18/h5-8,13,16-18H,3-4,9-10H2,1-2H3. The molecule has 0 aromatic heterocycles. The van der Waals surface area contributed by atoms with Gasteiger partial charge in [0, 0.05) is 11.6 Å². The third-order valence-corrected chi connectivity index (χ3v) is 3.45. The average molecular weight is 255 g/mol. The van der Waals surface area contributed by atoms with Gasteiger partial charge in [-0.15, -0.1) is 0 Å². The lowest BCUT2D eigenvalue weighted by Crippen LogP contribution is -2.52. The summed E-state index contributed by atoms with van der Waals surface area (Å²) in [5, 5.41) is 22.0. The number of benzene rings is 1. The fraction of sp³-hybridized carbons (Fsp3) is 0.571. The number of nitrogens with one attached hydrogen (secondary N) is 1. The lowest BCUT2D eigenvalue weighted by Gasteiger charge is -2.34. The molecule has 0 aliphatic heterocycles. The monoisotopic (exact) mass is 255 g/mol. The number of aliphatic hydroxyl groups excluding tert-OH is 2. The van der Waals surface area contributed by atoms with Crippen LogP contribution in [0.3, 0.4) is 0 Å². The van der Waals surface area contributed by atoms with Crippen LogP contribution in [0, 0.1) is 5.82 Å². The SMILES string of the molecule is CCC(NC(CC)(CO)CO)c1ccccc1F. The third-order valence-electron chi connectivity index (χ3n) is 3.45. The zero-order valence-corrected chi connectivity index (χ0v) is 11.0. The molecule has 1 aromatic carbocycles. The van der Waals surface area contributed by atoms with E-state index in [1.54, 1.807) is 18.2 Å². The number of hydrogen-bond acceptors (Lipinski definition) is 3. The number of hydrogen-bond donors (Lipinski definition) is 3. The predicted molar refractivity (Wildman–Crippen MR) is 69.8 cm³/mol. The second kappa shape index (κ2) is 6.83. The van der Waals surface area contributed by atoms with Gasteiger partial charge >= 0.3 is 0 Å². The van der Waals surface area contributed by atoms with E-state index in [2.05, 4.69) is 5.32 Å². The minimum absolute atomic E-state index is 0.176. The van der Waals surface area contributed by atoms with Crippen LogP contribution in [0.1, 0.15) is 38.3 Å². The van der Waals surface area contributed by atoms with Gasteiger partial charge in [0.15, 0.2) is 0 Å². The van der Waals surface area contributed by atoms with E-state index in [0.717, 1.165) is 0 Å². The van der Waals surface area contributed by atoms with Crippen LogP contribution < -0.4 is 5.32 Å². The van der Waals surface area contributed by atoms with Crippen molar-refractivity contribution >= 4 is 0 Å². The van der Waals surface area contributed by atoms with E-state index in [-0.39, 0.29) is 25.1 Å². The van der Waals surface area contributed by atoms with Crippen LogP contribution in [-0.2, 0) is 0 Å². The fourth-order valence-electron chi connectivity index (χ4n) is 1.99. The molecule has 102 valence electrons. The summed E-state index contributed by atoms with van der Waals surface area (Å²) >= 11 is 0. The van der Waals surface area contributed by atoms with Crippen molar-refractivity contribution in [1.29, 1.82) is 0 Å².